The van der Waals surface area contributed by atoms with Gasteiger partial charge in [-0.3, -0.25) is 4.79 Å². The highest BCUT2D eigenvalue weighted by atomic mass is 32.2. The lowest BCUT2D eigenvalue weighted by Gasteiger charge is -2.08. The molecule has 0 saturated carbocycles. The van der Waals surface area contributed by atoms with Crippen LogP contribution in [0.1, 0.15) is 36.5 Å². The van der Waals surface area contributed by atoms with Crippen LogP contribution >= 0.6 is 11.8 Å². The Morgan fingerprint density at radius 3 is 2.61 bits per heavy atom. The van der Waals surface area contributed by atoms with Crippen LogP contribution in [0.3, 0.4) is 0 Å². The van der Waals surface area contributed by atoms with Crippen LogP contribution in [0.5, 0.6) is 0 Å². The Morgan fingerprint density at radius 1 is 1.22 bits per heavy atom. The fraction of sp³-hybridized carbons (Fsp3) is 0.263. The summed E-state index contributed by atoms with van der Waals surface area (Å²) in [6, 6.07) is 17.6. The van der Waals surface area contributed by atoms with E-state index in [9.17, 15) is 4.79 Å². The summed E-state index contributed by atoms with van der Waals surface area (Å²) in [5, 5.41) is 11.8. The van der Waals surface area contributed by atoms with E-state index in [1.807, 2.05) is 42.5 Å². The summed E-state index contributed by atoms with van der Waals surface area (Å²) in [5.74, 6) is 1.58. The molecule has 0 saturated heterocycles. The molecule has 2 aromatic rings. The predicted octanol–water partition coefficient (Wildman–Crippen LogP) is 4.55. The van der Waals surface area contributed by atoms with Gasteiger partial charge >= 0.3 is 0 Å². The molecular formula is C19H20N2OS. The third-order valence-corrected chi connectivity index (χ3v) is 4.42. The molecule has 0 radical (unpaired) electrons. The van der Waals surface area contributed by atoms with Crippen LogP contribution < -0.4 is 5.32 Å². The second-order valence-corrected chi connectivity index (χ2v) is 6.62. The van der Waals surface area contributed by atoms with Crippen molar-refractivity contribution in [2.45, 2.75) is 25.5 Å². The monoisotopic (exact) mass is 324 g/mol. The van der Waals surface area contributed by atoms with Crippen molar-refractivity contribution in [1.82, 2.24) is 0 Å². The first-order valence-electron chi connectivity index (χ1n) is 7.55. The number of amides is 1. The number of hydrogen-bond acceptors (Lipinski definition) is 3. The third-order valence-electron chi connectivity index (χ3n) is 3.42. The topological polar surface area (TPSA) is 52.9 Å². The van der Waals surface area contributed by atoms with Crippen LogP contribution in [0.25, 0.3) is 0 Å². The molecule has 0 atom stereocenters. The van der Waals surface area contributed by atoms with E-state index in [-0.39, 0.29) is 5.91 Å². The van der Waals surface area contributed by atoms with Crippen molar-refractivity contribution in [1.29, 1.82) is 5.26 Å². The molecule has 2 aromatic carbocycles. The van der Waals surface area contributed by atoms with Crippen molar-refractivity contribution in [3.8, 4) is 6.07 Å². The maximum Gasteiger partial charge on any atom is 0.234 e. The van der Waals surface area contributed by atoms with Gasteiger partial charge in [-0.1, -0.05) is 38.1 Å². The van der Waals surface area contributed by atoms with Gasteiger partial charge in [-0.25, -0.2) is 0 Å². The summed E-state index contributed by atoms with van der Waals surface area (Å²) in [5.41, 5.74) is 3.79. The number of carbonyl (C=O) groups is 1. The molecule has 0 unspecified atom stereocenters. The highest BCUT2D eigenvalue weighted by Crippen LogP contribution is 2.18. The molecule has 0 spiro atoms. The molecule has 1 amide bonds. The van der Waals surface area contributed by atoms with E-state index >= 15 is 0 Å². The minimum atomic E-state index is -0.0104. The van der Waals surface area contributed by atoms with Gasteiger partial charge in [-0.2, -0.15) is 5.26 Å². The largest absolute Gasteiger partial charge is 0.325 e. The number of nitrogens with zero attached hydrogens (tertiary/aromatic N) is 1. The maximum absolute atomic E-state index is 12.0. The Labute approximate surface area is 141 Å². The molecule has 2 rings (SSSR count). The summed E-state index contributed by atoms with van der Waals surface area (Å²) in [6.45, 7) is 4.29. The minimum Gasteiger partial charge on any atom is -0.325 e. The molecule has 0 fully saturated rings. The number of benzene rings is 2. The molecule has 1 N–H and O–H groups in total. The van der Waals surface area contributed by atoms with Gasteiger partial charge in [0.05, 0.1) is 17.4 Å². The molecule has 0 aliphatic carbocycles. The summed E-state index contributed by atoms with van der Waals surface area (Å²) in [7, 11) is 0. The lowest BCUT2D eigenvalue weighted by molar-refractivity contribution is -0.113. The van der Waals surface area contributed by atoms with Gasteiger partial charge in [0.25, 0.3) is 0 Å². The standard InChI is InChI=1S/C19H20N2OS/c1-14(2)17-6-8-18(9-7-17)21-19(22)13-23-12-16-5-3-4-15(10-16)11-20/h3-10,14H,12-13H2,1-2H3,(H,21,22). The van der Waals surface area contributed by atoms with Crippen molar-refractivity contribution in [3.05, 3.63) is 65.2 Å². The van der Waals surface area contributed by atoms with E-state index in [0.717, 1.165) is 17.0 Å². The molecule has 0 aliphatic rings. The molecule has 0 aromatic heterocycles. The minimum absolute atomic E-state index is 0.0104. The smallest absolute Gasteiger partial charge is 0.234 e. The van der Waals surface area contributed by atoms with Gasteiger partial charge in [0, 0.05) is 11.4 Å². The molecule has 4 heteroatoms. The van der Waals surface area contributed by atoms with E-state index in [0.29, 0.717) is 17.2 Å². The summed E-state index contributed by atoms with van der Waals surface area (Å²) in [4.78, 5) is 12.0. The number of hydrogen-bond donors (Lipinski definition) is 1. The first kappa shape index (κ1) is 17.1. The Morgan fingerprint density at radius 2 is 1.96 bits per heavy atom. The lowest BCUT2D eigenvalue weighted by atomic mass is 10.0. The van der Waals surface area contributed by atoms with Gasteiger partial charge in [0.2, 0.25) is 5.91 Å². The lowest BCUT2D eigenvalue weighted by Crippen LogP contribution is -2.14. The second-order valence-electron chi connectivity index (χ2n) is 5.63. The number of rotatable bonds is 6. The SMILES string of the molecule is CC(C)c1ccc(NC(=O)CSCc2cccc(C#N)c2)cc1. The average molecular weight is 324 g/mol. The second kappa shape index (κ2) is 8.40. The number of nitrogens with one attached hydrogen (secondary N) is 1. The molecule has 0 heterocycles. The molecule has 0 aliphatic heterocycles. The number of carbonyl (C=O) groups excluding carboxylic acids is 1. The Bertz CT molecular complexity index is 702. The molecule has 118 valence electrons. The summed E-state index contributed by atoms with van der Waals surface area (Å²) < 4.78 is 0. The fourth-order valence-electron chi connectivity index (χ4n) is 2.14. The predicted molar refractivity (Wildman–Crippen MR) is 96.5 cm³/mol. The average Bonchev–Trinajstić information content (AvgIpc) is 2.55. The first-order valence-corrected chi connectivity index (χ1v) is 8.70. The van der Waals surface area contributed by atoms with Crippen LogP contribution in [0.2, 0.25) is 0 Å². The van der Waals surface area contributed by atoms with Crippen molar-refractivity contribution in [2.24, 2.45) is 0 Å². The van der Waals surface area contributed by atoms with Gasteiger partial charge in [0.15, 0.2) is 0 Å². The maximum atomic E-state index is 12.0. The quantitative estimate of drug-likeness (QED) is 0.848. The zero-order chi connectivity index (χ0) is 16.7. The van der Waals surface area contributed by atoms with Gasteiger partial charge < -0.3 is 5.32 Å². The van der Waals surface area contributed by atoms with Crippen LogP contribution in [-0.4, -0.2) is 11.7 Å². The third kappa shape index (κ3) is 5.46. The first-order chi connectivity index (χ1) is 11.1. The normalized spacial score (nSPS) is 10.3. The van der Waals surface area contributed by atoms with E-state index in [4.69, 9.17) is 5.26 Å². The van der Waals surface area contributed by atoms with Crippen molar-refractivity contribution >= 4 is 23.4 Å². The van der Waals surface area contributed by atoms with Gasteiger partial charge in [-0.05, 0) is 41.3 Å². The Hall–Kier alpha value is -2.25. The zero-order valence-electron chi connectivity index (χ0n) is 13.4. The van der Waals surface area contributed by atoms with Crippen LogP contribution in [0.15, 0.2) is 48.5 Å². The van der Waals surface area contributed by atoms with Crippen molar-refractivity contribution < 1.29 is 4.79 Å². The number of thioether (sulfide) groups is 1. The molecular weight excluding hydrogens is 304 g/mol. The zero-order valence-corrected chi connectivity index (χ0v) is 14.2. The fourth-order valence-corrected chi connectivity index (χ4v) is 2.92. The van der Waals surface area contributed by atoms with Crippen LogP contribution in [0, 0.1) is 11.3 Å². The Kier molecular flexibility index (Phi) is 6.25. The molecule has 23 heavy (non-hydrogen) atoms. The van der Waals surface area contributed by atoms with Crippen LogP contribution in [0.4, 0.5) is 5.69 Å². The highest BCUT2D eigenvalue weighted by Gasteiger charge is 2.04. The van der Waals surface area contributed by atoms with Gasteiger partial charge in [0.1, 0.15) is 0 Å². The Balaban J connectivity index is 1.79. The summed E-state index contributed by atoms with van der Waals surface area (Å²) >= 11 is 1.54. The summed E-state index contributed by atoms with van der Waals surface area (Å²) in [6.07, 6.45) is 0. The molecule has 0 bridgehead atoms. The van der Waals surface area contributed by atoms with E-state index in [1.165, 1.54) is 17.3 Å². The molecule has 3 nitrogen and oxygen atoms in total. The highest BCUT2D eigenvalue weighted by molar-refractivity contribution is 7.99. The van der Waals surface area contributed by atoms with Crippen molar-refractivity contribution in [2.75, 3.05) is 11.1 Å². The van der Waals surface area contributed by atoms with E-state index < -0.39 is 0 Å². The number of anilines is 1. The number of nitriles is 1. The van der Waals surface area contributed by atoms with Crippen LogP contribution in [-0.2, 0) is 10.5 Å². The van der Waals surface area contributed by atoms with Gasteiger partial charge in [-0.15, -0.1) is 11.8 Å². The van der Waals surface area contributed by atoms with E-state index in [1.54, 1.807) is 6.07 Å². The van der Waals surface area contributed by atoms with Crippen molar-refractivity contribution in [3.63, 3.8) is 0 Å². The van der Waals surface area contributed by atoms with E-state index in [2.05, 4.69) is 25.2 Å².